The first-order chi connectivity index (χ1) is 12.6. The number of nitrogens with zero attached hydrogens (tertiary/aromatic N) is 1. The predicted octanol–water partition coefficient (Wildman–Crippen LogP) is 1.61. The summed E-state index contributed by atoms with van der Waals surface area (Å²) in [7, 11) is 1.55. The van der Waals surface area contributed by atoms with Crippen molar-refractivity contribution in [1.82, 2.24) is 0 Å². The highest BCUT2D eigenvalue weighted by atomic mass is 16.5. The molecule has 1 aromatic heterocycles. The lowest BCUT2D eigenvalue weighted by molar-refractivity contribution is -0.124. The van der Waals surface area contributed by atoms with Crippen LogP contribution in [0.4, 0.5) is 5.69 Å². The van der Waals surface area contributed by atoms with Gasteiger partial charge in [0.15, 0.2) is 0 Å². The van der Waals surface area contributed by atoms with Crippen LogP contribution in [0.15, 0.2) is 33.5 Å². The van der Waals surface area contributed by atoms with Gasteiger partial charge in [0.25, 0.3) is 0 Å². The molecule has 0 saturated carbocycles. The van der Waals surface area contributed by atoms with Crippen molar-refractivity contribution in [3.05, 3.63) is 40.2 Å². The summed E-state index contributed by atoms with van der Waals surface area (Å²) in [6, 6.07) is 6.43. The van der Waals surface area contributed by atoms with Gasteiger partial charge in [0, 0.05) is 24.6 Å². The molecule has 7 nitrogen and oxygen atoms in total. The SMILES string of the molecule is COCc1cc(=O)oc2cc(N3C(=O)C4C5CCC(O5)C4C3=O)ccc12. The largest absolute Gasteiger partial charge is 0.423 e. The summed E-state index contributed by atoms with van der Waals surface area (Å²) < 4.78 is 16.2. The number of hydrogen-bond donors (Lipinski definition) is 0. The molecule has 134 valence electrons. The average molecular weight is 355 g/mol. The van der Waals surface area contributed by atoms with E-state index >= 15 is 0 Å². The van der Waals surface area contributed by atoms with Crippen molar-refractivity contribution >= 4 is 28.5 Å². The van der Waals surface area contributed by atoms with Crippen molar-refractivity contribution in [1.29, 1.82) is 0 Å². The zero-order chi connectivity index (χ0) is 18.0. The third-order valence-electron chi connectivity index (χ3n) is 5.66. The minimum absolute atomic E-state index is 0.154. The first-order valence-electron chi connectivity index (χ1n) is 8.67. The Hall–Kier alpha value is -2.51. The van der Waals surface area contributed by atoms with Gasteiger partial charge in [0.05, 0.1) is 36.3 Å². The van der Waals surface area contributed by atoms with E-state index in [-0.39, 0.29) is 42.5 Å². The highest BCUT2D eigenvalue weighted by Crippen LogP contribution is 2.49. The molecule has 0 radical (unpaired) electrons. The number of imide groups is 1. The topological polar surface area (TPSA) is 86.1 Å². The Balaban J connectivity index is 1.58. The van der Waals surface area contributed by atoms with Crippen molar-refractivity contribution in [3.8, 4) is 0 Å². The summed E-state index contributed by atoms with van der Waals surface area (Å²) in [5.41, 5.74) is 0.967. The number of amides is 2. The van der Waals surface area contributed by atoms with Gasteiger partial charge >= 0.3 is 5.63 Å². The molecule has 5 rings (SSSR count). The van der Waals surface area contributed by atoms with Crippen LogP contribution in [-0.4, -0.2) is 31.1 Å². The van der Waals surface area contributed by atoms with Crippen LogP contribution in [0.25, 0.3) is 11.0 Å². The van der Waals surface area contributed by atoms with Gasteiger partial charge in [-0.2, -0.15) is 0 Å². The van der Waals surface area contributed by atoms with Gasteiger partial charge < -0.3 is 13.9 Å². The van der Waals surface area contributed by atoms with Gasteiger partial charge in [-0.05, 0) is 30.5 Å². The van der Waals surface area contributed by atoms with Crippen molar-refractivity contribution in [2.75, 3.05) is 12.0 Å². The molecule has 0 spiro atoms. The first-order valence-corrected chi connectivity index (χ1v) is 8.67. The van der Waals surface area contributed by atoms with Crippen molar-refractivity contribution in [3.63, 3.8) is 0 Å². The second-order valence-corrected chi connectivity index (χ2v) is 7.06. The summed E-state index contributed by atoms with van der Waals surface area (Å²) >= 11 is 0. The fraction of sp³-hybridized carbons (Fsp3) is 0.421. The monoisotopic (exact) mass is 355 g/mol. The molecule has 3 aliphatic heterocycles. The molecule has 2 amide bonds. The van der Waals surface area contributed by atoms with Gasteiger partial charge in [0.2, 0.25) is 11.8 Å². The summed E-state index contributed by atoms with van der Waals surface area (Å²) in [6.07, 6.45) is 1.34. The maximum atomic E-state index is 12.9. The molecular formula is C19H17NO6. The fourth-order valence-corrected chi connectivity index (χ4v) is 4.60. The molecule has 3 aliphatic rings. The molecule has 4 atom stereocenters. The first kappa shape index (κ1) is 15.7. The van der Waals surface area contributed by atoms with Crippen LogP contribution in [0.2, 0.25) is 0 Å². The number of hydrogen-bond acceptors (Lipinski definition) is 6. The number of carbonyl (C=O) groups excluding carboxylic acids is 2. The van der Waals surface area contributed by atoms with Crippen LogP contribution in [-0.2, 0) is 25.7 Å². The highest BCUT2D eigenvalue weighted by molar-refractivity contribution is 6.23. The number of fused-ring (bicyclic) bond motifs is 6. The quantitative estimate of drug-likeness (QED) is 0.614. The van der Waals surface area contributed by atoms with Crippen molar-refractivity contribution < 1.29 is 23.5 Å². The maximum Gasteiger partial charge on any atom is 0.336 e. The van der Waals surface area contributed by atoms with Gasteiger partial charge in [-0.3, -0.25) is 9.59 Å². The molecule has 2 aromatic rings. The Morgan fingerprint density at radius 2 is 1.77 bits per heavy atom. The zero-order valence-corrected chi connectivity index (χ0v) is 14.1. The van der Waals surface area contributed by atoms with Crippen molar-refractivity contribution in [2.24, 2.45) is 11.8 Å². The molecule has 7 heteroatoms. The van der Waals surface area contributed by atoms with Gasteiger partial charge in [-0.25, -0.2) is 9.69 Å². The minimum Gasteiger partial charge on any atom is -0.423 e. The van der Waals surface area contributed by atoms with E-state index in [1.165, 1.54) is 11.0 Å². The van der Waals surface area contributed by atoms with E-state index in [9.17, 15) is 14.4 Å². The molecular weight excluding hydrogens is 338 g/mol. The Kier molecular flexibility index (Phi) is 3.32. The predicted molar refractivity (Wildman–Crippen MR) is 90.6 cm³/mol. The highest BCUT2D eigenvalue weighted by Gasteiger charge is 2.62. The number of anilines is 1. The summed E-state index contributed by atoms with van der Waals surface area (Å²) in [5.74, 6) is -1.21. The molecule has 0 N–H and O–H groups in total. The normalized spacial score (nSPS) is 29.8. The van der Waals surface area contributed by atoms with E-state index < -0.39 is 5.63 Å². The Labute approximate surface area is 148 Å². The summed E-state index contributed by atoms with van der Waals surface area (Å²) in [5, 5.41) is 0.720. The molecule has 2 bridgehead atoms. The molecule has 4 unspecified atom stereocenters. The standard InChI is InChI=1S/C19H17NO6/c1-24-8-9-6-15(21)26-14-7-10(2-3-11(9)14)20-18(22)16-12-4-5-13(25-12)17(16)19(20)23/h2-3,6-7,12-13,16-17H,4-5,8H2,1H3. The Morgan fingerprint density at radius 3 is 2.42 bits per heavy atom. The van der Waals surface area contributed by atoms with Crippen LogP contribution in [0.1, 0.15) is 18.4 Å². The maximum absolute atomic E-state index is 12.9. The zero-order valence-electron chi connectivity index (χ0n) is 14.1. The number of ether oxygens (including phenoxy) is 2. The number of benzene rings is 1. The average Bonchev–Trinajstić information content (AvgIpc) is 3.28. The fourth-order valence-electron chi connectivity index (χ4n) is 4.60. The lowest BCUT2D eigenvalue weighted by Gasteiger charge is -2.18. The molecule has 1 aromatic carbocycles. The second-order valence-electron chi connectivity index (χ2n) is 7.06. The smallest absolute Gasteiger partial charge is 0.336 e. The molecule has 3 fully saturated rings. The van der Waals surface area contributed by atoms with Crippen LogP contribution >= 0.6 is 0 Å². The molecule has 4 heterocycles. The second kappa shape index (κ2) is 5.49. The van der Waals surface area contributed by atoms with Gasteiger partial charge in [-0.1, -0.05) is 0 Å². The van der Waals surface area contributed by atoms with Crippen LogP contribution in [0, 0.1) is 11.8 Å². The third-order valence-corrected chi connectivity index (χ3v) is 5.66. The Morgan fingerprint density at radius 1 is 1.08 bits per heavy atom. The number of rotatable bonds is 3. The van der Waals surface area contributed by atoms with E-state index in [1.807, 2.05) is 0 Å². The lowest BCUT2D eigenvalue weighted by Crippen LogP contribution is -2.34. The van der Waals surface area contributed by atoms with E-state index in [2.05, 4.69) is 0 Å². The van der Waals surface area contributed by atoms with E-state index in [0.717, 1.165) is 18.2 Å². The van der Waals surface area contributed by atoms with E-state index in [0.29, 0.717) is 16.8 Å². The minimum atomic E-state index is -0.496. The summed E-state index contributed by atoms with van der Waals surface area (Å²) in [4.78, 5) is 38.8. The Bertz CT molecular complexity index is 967. The van der Waals surface area contributed by atoms with Crippen molar-refractivity contribution in [2.45, 2.75) is 31.7 Å². The molecule has 26 heavy (non-hydrogen) atoms. The van der Waals surface area contributed by atoms with Gasteiger partial charge in [-0.15, -0.1) is 0 Å². The lowest BCUT2D eigenvalue weighted by atomic mass is 9.81. The van der Waals surface area contributed by atoms with Gasteiger partial charge in [0.1, 0.15) is 5.58 Å². The molecule has 0 aliphatic carbocycles. The van der Waals surface area contributed by atoms with E-state index in [4.69, 9.17) is 13.9 Å². The third kappa shape index (κ3) is 2.04. The van der Waals surface area contributed by atoms with E-state index in [1.54, 1.807) is 25.3 Å². The summed E-state index contributed by atoms with van der Waals surface area (Å²) in [6.45, 7) is 0.272. The number of carbonyl (C=O) groups is 2. The van der Waals surface area contributed by atoms with Crippen LogP contribution in [0.5, 0.6) is 0 Å². The molecule has 3 saturated heterocycles. The number of methoxy groups -OCH3 is 1. The van der Waals surface area contributed by atoms with Crippen LogP contribution < -0.4 is 10.5 Å². The van der Waals surface area contributed by atoms with Crippen LogP contribution in [0.3, 0.4) is 0 Å².